The van der Waals surface area contributed by atoms with Gasteiger partial charge in [-0.2, -0.15) is 0 Å². The van der Waals surface area contributed by atoms with Crippen LogP contribution in [0.5, 0.6) is 0 Å². The predicted molar refractivity (Wildman–Crippen MR) is 262 cm³/mol. The van der Waals surface area contributed by atoms with Crippen molar-refractivity contribution in [3.63, 3.8) is 0 Å². The number of carbonyl (C=O) groups excluding carboxylic acids is 17. The van der Waals surface area contributed by atoms with Gasteiger partial charge in [0.1, 0.15) is 26.1 Å². The normalized spacial score (nSPS) is 18.7. The molecule has 0 bridgehead atoms. The molecule has 0 N–H and O–H groups in total. The molecule has 3 aromatic rings. The summed E-state index contributed by atoms with van der Waals surface area (Å²) in [6.45, 7) is 0.217. The van der Waals surface area contributed by atoms with Gasteiger partial charge in [-0.05, 0) is 61.9 Å². The third-order valence-electron chi connectivity index (χ3n) is 10.3. The summed E-state index contributed by atoms with van der Waals surface area (Å²) in [5.41, 5.74) is 2.17. The van der Waals surface area contributed by atoms with E-state index in [-0.39, 0.29) is 75.2 Å². The molecule has 8 heterocycles. The Morgan fingerprint density at radius 1 is 0.362 bits per heavy atom. The smallest absolute Gasteiger partial charge is 0.346 e. The number of cyclic esters (lactones) is 16. The monoisotopic (exact) mass is 1140 g/mol. The fourth-order valence-corrected chi connectivity index (χ4v) is 7.44. The number of ketones is 1. The summed E-state index contributed by atoms with van der Waals surface area (Å²) in [6.07, 6.45) is 5.49. The molecular weight excluding hydrogens is 1090 g/mol. The highest BCUT2D eigenvalue weighted by Crippen LogP contribution is 2.28. The van der Waals surface area contributed by atoms with E-state index in [0.717, 1.165) is 43.1 Å². The highest BCUT2D eigenvalue weighted by molar-refractivity contribution is 8.00. The van der Waals surface area contributed by atoms with Gasteiger partial charge in [0.05, 0.1) is 47.7 Å². The van der Waals surface area contributed by atoms with E-state index in [1.54, 1.807) is 60.5 Å². The number of ether oxygens (including phenoxy) is 9. The van der Waals surface area contributed by atoms with E-state index in [9.17, 15) is 81.5 Å². The SMILES string of the molecule is CN1CC(=O)OC(=O)C1.O=C1CC(=O)OC(=O)C1.O=C1CCCCC(=O)O1.O=C1CCCCCC(=O)O1.O=C1COCC(=O)O1.O=C1CSCC(=O)O1.O=C1Cc2ccccc2C(=O)O1.O=C1OC(=O)c2cccc3cccc1c23. The van der Waals surface area contributed by atoms with Gasteiger partial charge in [-0.1, -0.05) is 48.9 Å². The summed E-state index contributed by atoms with van der Waals surface area (Å²) in [5, 5.41) is 1.58. The first-order valence-corrected chi connectivity index (χ1v) is 25.1. The highest BCUT2D eigenvalue weighted by atomic mass is 32.2. The Morgan fingerprint density at radius 2 is 0.750 bits per heavy atom. The molecular formula is C52H49NO26S. The molecule has 8 aliphatic rings. The Balaban J connectivity index is 0.000000199. The number of hydrogen-bond acceptors (Lipinski definition) is 28. The van der Waals surface area contributed by atoms with E-state index in [0.29, 0.717) is 59.3 Å². The number of benzene rings is 3. The second-order valence-electron chi connectivity index (χ2n) is 16.9. The summed E-state index contributed by atoms with van der Waals surface area (Å²) in [6, 6.07) is 17.6. The molecule has 28 heteroatoms. The van der Waals surface area contributed by atoms with Gasteiger partial charge in [0.15, 0.2) is 5.78 Å². The van der Waals surface area contributed by atoms with Crippen LogP contribution in [0.3, 0.4) is 0 Å². The van der Waals surface area contributed by atoms with E-state index >= 15 is 0 Å². The molecule has 0 unspecified atom stereocenters. The number of hydrogen-bond donors (Lipinski definition) is 0. The summed E-state index contributed by atoms with van der Waals surface area (Å²) in [7, 11) is 1.69. The average Bonchev–Trinajstić information content (AvgIpc) is 3.71. The van der Waals surface area contributed by atoms with E-state index in [4.69, 9.17) is 0 Å². The van der Waals surface area contributed by atoms with Crippen LogP contribution in [0.2, 0.25) is 0 Å². The molecule has 0 spiro atoms. The number of morpholine rings is 1. The summed E-state index contributed by atoms with van der Waals surface area (Å²) in [5.74, 6) is -7.86. The lowest BCUT2D eigenvalue weighted by molar-refractivity contribution is -0.175. The van der Waals surface area contributed by atoms with Crippen LogP contribution in [0.15, 0.2) is 60.7 Å². The molecule has 27 nitrogen and oxygen atoms in total. The fourth-order valence-electron chi connectivity index (χ4n) is 6.89. The van der Waals surface area contributed by atoms with E-state index in [1.807, 2.05) is 12.1 Å². The van der Waals surface area contributed by atoms with Crippen molar-refractivity contribution in [3.8, 4) is 0 Å². The molecule has 6 fully saturated rings. The van der Waals surface area contributed by atoms with E-state index in [1.165, 1.54) is 11.8 Å². The minimum Gasteiger partial charge on any atom is -0.393 e. The van der Waals surface area contributed by atoms with Crippen molar-refractivity contribution >= 4 is 124 Å². The number of nitrogens with zero attached hydrogens (tertiary/aromatic N) is 1. The van der Waals surface area contributed by atoms with Crippen LogP contribution in [0.4, 0.5) is 0 Å². The summed E-state index contributed by atoms with van der Waals surface area (Å²) >= 11 is 1.29. The van der Waals surface area contributed by atoms with Crippen LogP contribution in [-0.4, -0.2) is 151 Å². The first kappa shape index (κ1) is 63.5. The van der Waals surface area contributed by atoms with Crippen LogP contribution >= 0.6 is 11.8 Å². The fraction of sp³-hybridized carbons (Fsp3) is 0.365. The first-order chi connectivity index (χ1) is 38.1. The zero-order chi connectivity index (χ0) is 58.7. The molecule has 3 aromatic carbocycles. The van der Waals surface area contributed by atoms with Gasteiger partial charge in [-0.15, -0.1) is 11.8 Å². The molecule has 0 aliphatic carbocycles. The molecule has 6 saturated heterocycles. The van der Waals surface area contributed by atoms with Gasteiger partial charge in [0.25, 0.3) is 0 Å². The van der Waals surface area contributed by atoms with Crippen LogP contribution in [0.25, 0.3) is 10.8 Å². The average molecular weight is 1140 g/mol. The van der Waals surface area contributed by atoms with Crippen LogP contribution in [0, 0.1) is 0 Å². The van der Waals surface area contributed by atoms with Crippen molar-refractivity contribution in [2.24, 2.45) is 0 Å². The van der Waals surface area contributed by atoms with Gasteiger partial charge in [0, 0.05) is 31.1 Å². The lowest BCUT2D eigenvalue weighted by Gasteiger charge is -2.18. The van der Waals surface area contributed by atoms with Crippen molar-refractivity contribution in [3.05, 3.63) is 82.9 Å². The minimum atomic E-state index is -0.740. The second kappa shape index (κ2) is 32.7. The number of Topliss-reactive ketones (excluding diaryl/α,β-unsaturated/α-hetero) is 1. The van der Waals surface area contributed by atoms with Gasteiger partial charge in [0.2, 0.25) is 0 Å². The number of rotatable bonds is 0. The molecule has 0 aromatic heterocycles. The van der Waals surface area contributed by atoms with E-state index < -0.39 is 71.6 Å². The second-order valence-corrected chi connectivity index (χ2v) is 17.9. The maximum Gasteiger partial charge on any atom is 0.346 e. The summed E-state index contributed by atoms with van der Waals surface area (Å²) in [4.78, 5) is 181. The zero-order valence-corrected chi connectivity index (χ0v) is 43.3. The standard InChI is InChI=1S/C12H6O3.C9H6O3.C7H10O3.C6H8O3.C5H7NO3.C5H4O4.C4H4O4.C4H4O3S/c13-11-8-5-1-3-7-4-2-6-9(10(7)8)12(14)15-11;10-8-5-6-3-1-2-4-7(6)9(11)12-8;8-6-4-2-1-3-5-7(9)10-6;7-5-3-1-2-4-6(8)9-5;1-6-2-4(7)9-5(8)3-6;6-3-1-4(7)9-5(8)2-3;5-3-1-7-2-4(6)8-3;5-3-1-8-2-4(6)7-3/h1-6H;1-4H,5H2;1-5H2;1-4H2;2-3H2,1H3;1-2H2;2*1-2H2. The molecule has 11 rings (SSSR count). The molecule has 8 aliphatic heterocycles. The number of fused-ring (bicyclic) bond motifs is 1. The number of thioether (sulfide) groups is 1. The zero-order valence-electron chi connectivity index (χ0n) is 42.5. The third-order valence-corrected chi connectivity index (χ3v) is 11.2. The van der Waals surface area contributed by atoms with Crippen molar-refractivity contribution in [2.45, 2.75) is 77.0 Å². The van der Waals surface area contributed by atoms with Gasteiger partial charge >= 0.3 is 95.5 Å². The van der Waals surface area contributed by atoms with Crippen molar-refractivity contribution < 1.29 is 124 Å². The quantitative estimate of drug-likeness (QED) is 0.176. The lowest BCUT2D eigenvalue weighted by Crippen LogP contribution is -2.40. The Labute approximate surface area is 456 Å². The molecule has 0 radical (unpaired) electrons. The topological polar surface area (TPSA) is 376 Å². The van der Waals surface area contributed by atoms with Gasteiger partial charge in [-0.25, -0.2) is 24.0 Å². The number of carbonyl (C=O) groups is 17. The molecule has 80 heavy (non-hydrogen) atoms. The summed E-state index contributed by atoms with van der Waals surface area (Å²) < 4.78 is 38.8. The number of likely N-dealkylation sites (N-methyl/N-ethyl adjacent to an activating group) is 1. The maximum atomic E-state index is 11.4. The number of esters is 16. The Bertz CT molecular complexity index is 2750. The van der Waals surface area contributed by atoms with Crippen molar-refractivity contribution in [1.82, 2.24) is 4.90 Å². The minimum absolute atomic E-state index is 0.105. The van der Waals surface area contributed by atoms with Gasteiger partial charge < -0.3 is 42.6 Å². The highest BCUT2D eigenvalue weighted by Gasteiger charge is 2.28. The van der Waals surface area contributed by atoms with Crippen LogP contribution in [0.1, 0.15) is 107 Å². The van der Waals surface area contributed by atoms with Crippen LogP contribution in [-0.2, 0) is 116 Å². The van der Waals surface area contributed by atoms with Crippen molar-refractivity contribution in [2.75, 3.05) is 44.9 Å². The van der Waals surface area contributed by atoms with Crippen LogP contribution < -0.4 is 0 Å². The molecule has 0 saturated carbocycles. The molecule has 424 valence electrons. The predicted octanol–water partition coefficient (Wildman–Crippen LogP) is 2.04. The molecule has 0 atom stereocenters. The maximum absolute atomic E-state index is 11.4. The first-order valence-electron chi connectivity index (χ1n) is 23.9. The van der Waals surface area contributed by atoms with Gasteiger partial charge in [-0.3, -0.25) is 62.4 Å². The Hall–Kier alpha value is -9.02. The third kappa shape index (κ3) is 23.3. The largest absolute Gasteiger partial charge is 0.393 e. The molecule has 0 amide bonds. The van der Waals surface area contributed by atoms with E-state index in [2.05, 4.69) is 42.6 Å². The Morgan fingerprint density at radius 3 is 1.18 bits per heavy atom. The Kier molecular flexibility index (Phi) is 25.9. The van der Waals surface area contributed by atoms with Crippen molar-refractivity contribution in [1.29, 1.82) is 0 Å². The lowest BCUT2D eigenvalue weighted by atomic mass is 9.97.